The predicted molar refractivity (Wildman–Crippen MR) is 138 cm³/mol. The van der Waals surface area contributed by atoms with E-state index in [1.807, 2.05) is 60.8 Å². The molecule has 1 N–H and O–H groups in total. The van der Waals surface area contributed by atoms with Crippen LogP contribution in [0.5, 0.6) is 11.5 Å². The highest BCUT2D eigenvalue weighted by atomic mass is 16.5. The zero-order chi connectivity index (χ0) is 23.2. The van der Waals surface area contributed by atoms with Crippen LogP contribution in [-0.4, -0.2) is 12.1 Å². The van der Waals surface area contributed by atoms with E-state index < -0.39 is 0 Å². The van der Waals surface area contributed by atoms with Crippen molar-refractivity contribution in [1.29, 1.82) is 0 Å². The number of ether oxygens (including phenoxy) is 2. The second-order valence-corrected chi connectivity index (χ2v) is 8.02. The van der Waals surface area contributed by atoms with Gasteiger partial charge in [0, 0.05) is 28.9 Å². The van der Waals surface area contributed by atoms with Crippen LogP contribution in [0.2, 0.25) is 0 Å². The van der Waals surface area contributed by atoms with Crippen LogP contribution >= 0.6 is 0 Å². The average molecular weight is 447 g/mol. The molecule has 5 rings (SSSR count). The van der Waals surface area contributed by atoms with Crippen molar-refractivity contribution in [1.82, 2.24) is 4.98 Å². The minimum Gasteiger partial charge on any atom is -0.497 e. The minimum atomic E-state index is 0.484. The molecule has 0 fully saturated rings. The third-order valence-electron chi connectivity index (χ3n) is 5.79. The molecule has 0 bridgehead atoms. The standard InChI is InChI=1S/C30H26N2O2/c1-33-25-15-16-26-27(18-25)29(34-21-22-10-4-2-5-11-22)19-28(30(26)23-12-6-3-7-13-23)32-20-24-14-8-9-17-31-24/h2-19,32H,20-21H2,1H3. The average Bonchev–Trinajstić information content (AvgIpc) is 2.91. The second kappa shape index (κ2) is 10.1. The Bertz CT molecular complexity index is 1370. The van der Waals surface area contributed by atoms with E-state index in [-0.39, 0.29) is 0 Å². The number of aromatic nitrogens is 1. The highest BCUT2D eigenvalue weighted by Gasteiger charge is 2.16. The Hall–Kier alpha value is -4.31. The first-order chi connectivity index (χ1) is 16.8. The van der Waals surface area contributed by atoms with E-state index >= 15 is 0 Å². The number of rotatable bonds is 8. The Kier molecular flexibility index (Phi) is 6.39. The van der Waals surface area contributed by atoms with Crippen LogP contribution in [0, 0.1) is 0 Å². The number of fused-ring (bicyclic) bond motifs is 1. The van der Waals surface area contributed by atoms with E-state index in [9.17, 15) is 0 Å². The number of nitrogens with one attached hydrogen (secondary N) is 1. The number of benzene rings is 4. The first-order valence-electron chi connectivity index (χ1n) is 11.3. The van der Waals surface area contributed by atoms with E-state index in [1.54, 1.807) is 7.11 Å². The van der Waals surface area contributed by atoms with Crippen molar-refractivity contribution >= 4 is 16.5 Å². The van der Waals surface area contributed by atoms with Gasteiger partial charge in [-0.15, -0.1) is 0 Å². The molecule has 0 aliphatic rings. The van der Waals surface area contributed by atoms with Gasteiger partial charge >= 0.3 is 0 Å². The molecule has 168 valence electrons. The van der Waals surface area contributed by atoms with Crippen LogP contribution in [0.1, 0.15) is 11.3 Å². The van der Waals surface area contributed by atoms with E-state index in [4.69, 9.17) is 9.47 Å². The van der Waals surface area contributed by atoms with Crippen LogP contribution in [0.3, 0.4) is 0 Å². The van der Waals surface area contributed by atoms with Gasteiger partial charge in [-0.05, 0) is 46.8 Å². The summed E-state index contributed by atoms with van der Waals surface area (Å²) in [5.41, 5.74) is 5.35. The maximum atomic E-state index is 6.38. The lowest BCUT2D eigenvalue weighted by Gasteiger charge is -2.19. The minimum absolute atomic E-state index is 0.484. The molecule has 4 heteroatoms. The molecule has 0 radical (unpaired) electrons. The van der Waals surface area contributed by atoms with Gasteiger partial charge in [-0.2, -0.15) is 0 Å². The quantitative estimate of drug-likeness (QED) is 0.276. The molecule has 5 aromatic rings. The monoisotopic (exact) mass is 446 g/mol. The summed E-state index contributed by atoms with van der Waals surface area (Å²) in [7, 11) is 1.69. The van der Waals surface area contributed by atoms with Crippen LogP contribution in [0.25, 0.3) is 21.9 Å². The zero-order valence-corrected chi connectivity index (χ0v) is 19.1. The SMILES string of the molecule is COc1ccc2c(-c3ccccc3)c(NCc3ccccn3)cc(OCc3ccccc3)c2c1. The molecule has 0 amide bonds. The van der Waals surface area contributed by atoms with Gasteiger partial charge in [0.05, 0.1) is 19.3 Å². The fourth-order valence-corrected chi connectivity index (χ4v) is 4.10. The molecule has 0 spiro atoms. The molecular formula is C30H26N2O2. The van der Waals surface area contributed by atoms with Crippen LogP contribution < -0.4 is 14.8 Å². The van der Waals surface area contributed by atoms with Crippen LogP contribution in [-0.2, 0) is 13.2 Å². The summed E-state index contributed by atoms with van der Waals surface area (Å²) in [4.78, 5) is 4.47. The molecule has 1 heterocycles. The molecule has 0 aliphatic carbocycles. The van der Waals surface area contributed by atoms with Gasteiger partial charge < -0.3 is 14.8 Å². The maximum absolute atomic E-state index is 6.38. The molecule has 0 aliphatic heterocycles. The molecule has 4 aromatic carbocycles. The number of nitrogens with zero attached hydrogens (tertiary/aromatic N) is 1. The van der Waals surface area contributed by atoms with Gasteiger partial charge in [-0.3, -0.25) is 4.98 Å². The maximum Gasteiger partial charge on any atom is 0.129 e. The van der Waals surface area contributed by atoms with Gasteiger partial charge in [-0.1, -0.05) is 66.7 Å². The zero-order valence-electron chi connectivity index (χ0n) is 19.1. The van der Waals surface area contributed by atoms with Crippen LogP contribution in [0.4, 0.5) is 5.69 Å². The van der Waals surface area contributed by atoms with Gasteiger partial charge in [-0.25, -0.2) is 0 Å². The molecule has 1 aromatic heterocycles. The summed E-state index contributed by atoms with van der Waals surface area (Å²) >= 11 is 0. The Morgan fingerprint density at radius 2 is 1.53 bits per heavy atom. The fourth-order valence-electron chi connectivity index (χ4n) is 4.10. The molecule has 4 nitrogen and oxygen atoms in total. The third-order valence-corrected chi connectivity index (χ3v) is 5.79. The second-order valence-electron chi connectivity index (χ2n) is 8.02. The summed E-state index contributed by atoms with van der Waals surface area (Å²) < 4.78 is 11.9. The molecule has 0 saturated heterocycles. The summed E-state index contributed by atoms with van der Waals surface area (Å²) in [5.74, 6) is 1.60. The van der Waals surface area contributed by atoms with Crippen molar-refractivity contribution in [2.75, 3.05) is 12.4 Å². The van der Waals surface area contributed by atoms with Gasteiger partial charge in [0.2, 0.25) is 0 Å². The number of hydrogen-bond acceptors (Lipinski definition) is 4. The van der Waals surface area contributed by atoms with Gasteiger partial charge in [0.1, 0.15) is 18.1 Å². The summed E-state index contributed by atoms with van der Waals surface area (Å²) in [6, 6.07) is 34.8. The van der Waals surface area contributed by atoms with Crippen molar-refractivity contribution in [2.45, 2.75) is 13.2 Å². The Morgan fingerprint density at radius 1 is 0.765 bits per heavy atom. The van der Waals surface area contributed by atoms with Crippen molar-refractivity contribution in [3.63, 3.8) is 0 Å². The Balaban J connectivity index is 1.63. The number of anilines is 1. The number of hydrogen-bond donors (Lipinski definition) is 1. The predicted octanol–water partition coefficient (Wildman–Crippen LogP) is 7.10. The van der Waals surface area contributed by atoms with Crippen molar-refractivity contribution in [3.05, 3.63) is 121 Å². The van der Waals surface area contributed by atoms with E-state index in [0.717, 1.165) is 50.3 Å². The Morgan fingerprint density at radius 3 is 2.26 bits per heavy atom. The molecule has 0 saturated carbocycles. The lowest BCUT2D eigenvalue weighted by Crippen LogP contribution is -2.04. The van der Waals surface area contributed by atoms with Crippen LogP contribution in [0.15, 0.2) is 109 Å². The highest BCUT2D eigenvalue weighted by Crippen LogP contribution is 2.42. The summed E-state index contributed by atoms with van der Waals surface area (Å²) in [6.07, 6.45) is 1.82. The van der Waals surface area contributed by atoms with E-state index in [1.165, 1.54) is 0 Å². The van der Waals surface area contributed by atoms with Crippen molar-refractivity contribution < 1.29 is 9.47 Å². The number of pyridine rings is 1. The molecular weight excluding hydrogens is 420 g/mol. The van der Waals surface area contributed by atoms with Crippen molar-refractivity contribution in [2.24, 2.45) is 0 Å². The normalized spacial score (nSPS) is 10.7. The number of methoxy groups -OCH3 is 1. The van der Waals surface area contributed by atoms with Crippen molar-refractivity contribution in [3.8, 4) is 22.6 Å². The topological polar surface area (TPSA) is 43.4 Å². The largest absolute Gasteiger partial charge is 0.497 e. The lowest BCUT2D eigenvalue weighted by molar-refractivity contribution is 0.310. The Labute approximate surface area is 199 Å². The molecule has 0 unspecified atom stereocenters. The highest BCUT2D eigenvalue weighted by molar-refractivity contribution is 6.06. The molecule has 34 heavy (non-hydrogen) atoms. The molecule has 0 atom stereocenters. The summed E-state index contributed by atoms with van der Waals surface area (Å²) in [5, 5.41) is 5.72. The van der Waals surface area contributed by atoms with Gasteiger partial charge in [0.25, 0.3) is 0 Å². The lowest BCUT2D eigenvalue weighted by atomic mass is 9.95. The first kappa shape index (κ1) is 21.5. The van der Waals surface area contributed by atoms with E-state index in [0.29, 0.717) is 13.2 Å². The summed E-state index contributed by atoms with van der Waals surface area (Å²) in [6.45, 7) is 1.10. The third kappa shape index (κ3) is 4.71. The smallest absolute Gasteiger partial charge is 0.129 e. The first-order valence-corrected chi connectivity index (χ1v) is 11.3. The van der Waals surface area contributed by atoms with E-state index in [2.05, 4.69) is 58.8 Å². The fraction of sp³-hybridized carbons (Fsp3) is 0.100. The van der Waals surface area contributed by atoms with Gasteiger partial charge in [0.15, 0.2) is 0 Å².